The van der Waals surface area contributed by atoms with Gasteiger partial charge in [-0.25, -0.2) is 0 Å². The molecule has 2 nitrogen and oxygen atoms in total. The van der Waals surface area contributed by atoms with E-state index in [1.165, 1.54) is 45.2 Å². The van der Waals surface area contributed by atoms with Crippen LogP contribution < -0.4 is 5.32 Å². The lowest BCUT2D eigenvalue weighted by molar-refractivity contribution is 0.142. The number of nitrogens with zero attached hydrogens (tertiary/aromatic N) is 1. The molecule has 20 heavy (non-hydrogen) atoms. The Kier molecular flexibility index (Phi) is 4.42. The predicted molar refractivity (Wildman–Crippen MR) is 85.1 cm³/mol. The van der Waals surface area contributed by atoms with E-state index in [1.54, 1.807) is 11.1 Å². The first-order valence-electron chi connectivity index (χ1n) is 8.29. The first kappa shape index (κ1) is 14.1. The molecule has 1 fully saturated rings. The quantitative estimate of drug-likeness (QED) is 0.883. The SMILES string of the molecule is CC1CCC(N(C)C2CCCNCC2)c2ccccc21. The zero-order chi connectivity index (χ0) is 13.9. The number of hydrogen-bond donors (Lipinski definition) is 1. The minimum absolute atomic E-state index is 0.630. The molecule has 1 aliphatic heterocycles. The van der Waals surface area contributed by atoms with Gasteiger partial charge in [-0.15, -0.1) is 0 Å². The van der Waals surface area contributed by atoms with E-state index in [-0.39, 0.29) is 0 Å². The molecular weight excluding hydrogens is 244 g/mol. The third-order valence-corrected chi connectivity index (χ3v) is 5.37. The number of fused-ring (bicyclic) bond motifs is 1. The molecule has 3 rings (SSSR count). The normalized spacial score (nSPS) is 30.9. The van der Waals surface area contributed by atoms with Gasteiger partial charge < -0.3 is 5.32 Å². The van der Waals surface area contributed by atoms with Crippen molar-refractivity contribution >= 4 is 0 Å². The Labute approximate surface area is 123 Å². The van der Waals surface area contributed by atoms with Crippen molar-refractivity contribution in [1.82, 2.24) is 10.2 Å². The van der Waals surface area contributed by atoms with Gasteiger partial charge in [0.2, 0.25) is 0 Å². The van der Waals surface area contributed by atoms with E-state index in [0.717, 1.165) is 12.0 Å². The highest BCUT2D eigenvalue weighted by molar-refractivity contribution is 5.35. The first-order valence-corrected chi connectivity index (χ1v) is 8.29. The summed E-state index contributed by atoms with van der Waals surface area (Å²) in [6, 6.07) is 10.5. The van der Waals surface area contributed by atoms with E-state index in [2.05, 4.69) is 48.5 Å². The van der Waals surface area contributed by atoms with Crippen LogP contribution in [0.25, 0.3) is 0 Å². The molecule has 2 heteroatoms. The van der Waals surface area contributed by atoms with Gasteiger partial charge >= 0.3 is 0 Å². The van der Waals surface area contributed by atoms with Crippen molar-refractivity contribution in [3.63, 3.8) is 0 Å². The van der Waals surface area contributed by atoms with Gasteiger partial charge in [-0.3, -0.25) is 4.90 Å². The topological polar surface area (TPSA) is 15.3 Å². The van der Waals surface area contributed by atoms with E-state index >= 15 is 0 Å². The van der Waals surface area contributed by atoms with Gasteiger partial charge in [-0.05, 0) is 69.3 Å². The Bertz CT molecular complexity index is 435. The monoisotopic (exact) mass is 272 g/mol. The van der Waals surface area contributed by atoms with Crippen molar-refractivity contribution in [3.8, 4) is 0 Å². The molecule has 2 aliphatic rings. The second kappa shape index (κ2) is 6.28. The zero-order valence-corrected chi connectivity index (χ0v) is 12.9. The van der Waals surface area contributed by atoms with Crippen molar-refractivity contribution in [2.24, 2.45) is 0 Å². The van der Waals surface area contributed by atoms with Gasteiger partial charge in [0.1, 0.15) is 0 Å². The summed E-state index contributed by atoms with van der Waals surface area (Å²) in [7, 11) is 2.35. The molecule has 0 amide bonds. The Morgan fingerprint density at radius 2 is 1.80 bits per heavy atom. The van der Waals surface area contributed by atoms with Crippen LogP contribution >= 0.6 is 0 Å². The fourth-order valence-corrected chi connectivity index (χ4v) is 4.07. The summed E-state index contributed by atoms with van der Waals surface area (Å²) >= 11 is 0. The van der Waals surface area contributed by atoms with Crippen LogP contribution in [0.2, 0.25) is 0 Å². The Morgan fingerprint density at radius 1 is 1.00 bits per heavy atom. The van der Waals surface area contributed by atoms with E-state index in [1.807, 2.05) is 0 Å². The van der Waals surface area contributed by atoms with E-state index in [9.17, 15) is 0 Å². The van der Waals surface area contributed by atoms with E-state index < -0.39 is 0 Å². The summed E-state index contributed by atoms with van der Waals surface area (Å²) < 4.78 is 0. The molecule has 3 atom stereocenters. The third kappa shape index (κ3) is 2.77. The van der Waals surface area contributed by atoms with Gasteiger partial charge in [0, 0.05) is 12.1 Å². The number of hydrogen-bond acceptors (Lipinski definition) is 2. The fraction of sp³-hybridized carbons (Fsp3) is 0.667. The fourth-order valence-electron chi connectivity index (χ4n) is 4.07. The summed E-state index contributed by atoms with van der Waals surface area (Å²) in [4.78, 5) is 2.68. The lowest BCUT2D eigenvalue weighted by Gasteiger charge is -2.39. The molecular formula is C18H28N2. The van der Waals surface area contributed by atoms with Gasteiger partial charge in [0.25, 0.3) is 0 Å². The highest BCUT2D eigenvalue weighted by Crippen LogP contribution is 2.41. The predicted octanol–water partition coefficient (Wildman–Crippen LogP) is 3.70. The number of nitrogens with one attached hydrogen (secondary N) is 1. The average molecular weight is 272 g/mol. The van der Waals surface area contributed by atoms with E-state index in [4.69, 9.17) is 0 Å². The number of rotatable bonds is 2. The molecule has 3 unspecified atom stereocenters. The maximum atomic E-state index is 3.53. The second-order valence-corrected chi connectivity index (χ2v) is 6.62. The maximum absolute atomic E-state index is 3.53. The molecule has 0 radical (unpaired) electrons. The van der Waals surface area contributed by atoms with Crippen molar-refractivity contribution < 1.29 is 0 Å². The zero-order valence-electron chi connectivity index (χ0n) is 12.9. The third-order valence-electron chi connectivity index (χ3n) is 5.37. The summed E-state index contributed by atoms with van der Waals surface area (Å²) in [5.41, 5.74) is 3.17. The molecule has 0 spiro atoms. The molecule has 1 aliphatic carbocycles. The van der Waals surface area contributed by atoms with Gasteiger partial charge in [0.15, 0.2) is 0 Å². The average Bonchev–Trinajstić information content (AvgIpc) is 2.76. The van der Waals surface area contributed by atoms with Gasteiger partial charge in [-0.1, -0.05) is 31.2 Å². The molecule has 0 bridgehead atoms. The minimum Gasteiger partial charge on any atom is -0.317 e. The lowest BCUT2D eigenvalue weighted by Crippen LogP contribution is -2.37. The van der Waals surface area contributed by atoms with Crippen LogP contribution in [0.15, 0.2) is 24.3 Å². The van der Waals surface area contributed by atoms with Crippen LogP contribution in [0.5, 0.6) is 0 Å². The Balaban J connectivity index is 1.81. The minimum atomic E-state index is 0.630. The smallest absolute Gasteiger partial charge is 0.0351 e. The van der Waals surface area contributed by atoms with Crippen LogP contribution in [0.4, 0.5) is 0 Å². The van der Waals surface area contributed by atoms with Gasteiger partial charge in [-0.2, -0.15) is 0 Å². The molecule has 1 heterocycles. The standard InChI is InChI=1S/C18H28N2/c1-14-9-10-18(17-8-4-3-7-16(14)17)20(2)15-6-5-12-19-13-11-15/h3-4,7-8,14-15,18-19H,5-6,9-13H2,1-2H3. The van der Waals surface area contributed by atoms with Gasteiger partial charge in [0.05, 0.1) is 0 Å². The van der Waals surface area contributed by atoms with Crippen LogP contribution in [-0.2, 0) is 0 Å². The summed E-state index contributed by atoms with van der Waals surface area (Å²) in [6.07, 6.45) is 6.61. The molecule has 1 aromatic carbocycles. The highest BCUT2D eigenvalue weighted by Gasteiger charge is 2.30. The summed E-state index contributed by atoms with van der Waals surface area (Å²) in [5.74, 6) is 0.728. The van der Waals surface area contributed by atoms with Crippen LogP contribution in [0.1, 0.15) is 62.1 Å². The van der Waals surface area contributed by atoms with Crippen LogP contribution in [-0.4, -0.2) is 31.1 Å². The van der Waals surface area contributed by atoms with Crippen LogP contribution in [0.3, 0.4) is 0 Å². The molecule has 0 aromatic heterocycles. The Hall–Kier alpha value is -0.860. The molecule has 0 saturated carbocycles. The van der Waals surface area contributed by atoms with Crippen molar-refractivity contribution in [2.75, 3.05) is 20.1 Å². The maximum Gasteiger partial charge on any atom is 0.0351 e. The molecule has 110 valence electrons. The summed E-state index contributed by atoms with van der Waals surface area (Å²) in [6.45, 7) is 4.76. The highest BCUT2D eigenvalue weighted by atomic mass is 15.2. The van der Waals surface area contributed by atoms with Crippen molar-refractivity contribution in [2.45, 2.75) is 57.0 Å². The largest absolute Gasteiger partial charge is 0.317 e. The number of benzene rings is 1. The van der Waals surface area contributed by atoms with E-state index in [0.29, 0.717) is 6.04 Å². The lowest BCUT2D eigenvalue weighted by atomic mass is 9.80. The molecule has 1 N–H and O–H groups in total. The molecule has 1 saturated heterocycles. The van der Waals surface area contributed by atoms with Crippen molar-refractivity contribution in [1.29, 1.82) is 0 Å². The Morgan fingerprint density at radius 3 is 2.65 bits per heavy atom. The summed E-state index contributed by atoms with van der Waals surface area (Å²) in [5, 5.41) is 3.53. The van der Waals surface area contributed by atoms with Crippen molar-refractivity contribution in [3.05, 3.63) is 35.4 Å². The van der Waals surface area contributed by atoms with Crippen LogP contribution in [0, 0.1) is 0 Å². The molecule has 1 aromatic rings. The second-order valence-electron chi connectivity index (χ2n) is 6.62. The first-order chi connectivity index (χ1) is 9.77.